The zero-order chi connectivity index (χ0) is 17.7. The third-order valence-electron chi connectivity index (χ3n) is 4.04. The van der Waals surface area contributed by atoms with E-state index in [2.05, 4.69) is 11.3 Å². The van der Waals surface area contributed by atoms with Crippen molar-refractivity contribution in [1.29, 1.82) is 0 Å². The van der Waals surface area contributed by atoms with Crippen LogP contribution in [0.25, 0.3) is 0 Å². The molecular formula is C18H22FNO4. The van der Waals surface area contributed by atoms with Crippen molar-refractivity contribution in [1.82, 2.24) is 4.90 Å². The number of esters is 1. The molecule has 1 atom stereocenters. The van der Waals surface area contributed by atoms with Crippen molar-refractivity contribution in [3.8, 4) is 5.75 Å². The maximum absolute atomic E-state index is 13.3. The number of aryl methyl sites for hydroxylation is 1. The third-order valence-corrected chi connectivity index (χ3v) is 4.04. The number of nitrogens with zero attached hydrogens (tertiary/aromatic N) is 1. The second-order valence-corrected chi connectivity index (χ2v) is 5.87. The molecule has 130 valence electrons. The van der Waals surface area contributed by atoms with Gasteiger partial charge in [-0.3, -0.25) is 9.59 Å². The molecule has 1 heterocycles. The van der Waals surface area contributed by atoms with E-state index >= 15 is 0 Å². The van der Waals surface area contributed by atoms with Crippen LogP contribution in [0, 0.1) is 12.7 Å². The van der Waals surface area contributed by atoms with E-state index in [9.17, 15) is 14.0 Å². The molecule has 1 saturated heterocycles. The van der Waals surface area contributed by atoms with E-state index in [0.29, 0.717) is 30.8 Å². The van der Waals surface area contributed by atoms with Gasteiger partial charge in [0.1, 0.15) is 17.7 Å². The predicted octanol–water partition coefficient (Wildman–Crippen LogP) is 2.62. The fraction of sp³-hybridized carbons (Fsp3) is 0.444. The van der Waals surface area contributed by atoms with Crippen molar-refractivity contribution < 1.29 is 23.5 Å². The van der Waals surface area contributed by atoms with E-state index in [1.54, 1.807) is 11.0 Å². The van der Waals surface area contributed by atoms with Gasteiger partial charge in [0, 0.05) is 31.0 Å². The van der Waals surface area contributed by atoms with Gasteiger partial charge in [-0.15, -0.1) is 0 Å². The first-order valence-electron chi connectivity index (χ1n) is 7.87. The molecule has 5 nitrogen and oxygen atoms in total. The number of ether oxygens (including phenoxy) is 2. The van der Waals surface area contributed by atoms with Gasteiger partial charge < -0.3 is 14.4 Å². The number of carbonyl (C=O) groups excluding carboxylic acids is 2. The minimum absolute atomic E-state index is 0.136. The standard InChI is InChI=1S/C18H22FNO4/c1-12-4-6-14(19)10-16(12)24-15-8-9-20(11-15)18(22)13(2)5-7-17(21)23-3/h4,6,10,15H,2,5,7-9,11H2,1,3H3. The van der Waals surface area contributed by atoms with Crippen LogP contribution in [0.1, 0.15) is 24.8 Å². The molecule has 0 radical (unpaired) electrons. The number of likely N-dealkylation sites (tertiary alicyclic amines) is 1. The summed E-state index contributed by atoms with van der Waals surface area (Å²) in [4.78, 5) is 25.1. The van der Waals surface area contributed by atoms with Gasteiger partial charge in [0.2, 0.25) is 5.91 Å². The third kappa shape index (κ3) is 4.57. The minimum atomic E-state index is -0.367. The molecule has 0 aromatic heterocycles. The summed E-state index contributed by atoms with van der Waals surface area (Å²) >= 11 is 0. The largest absolute Gasteiger partial charge is 0.488 e. The summed E-state index contributed by atoms with van der Waals surface area (Å²) in [6.07, 6.45) is 0.905. The molecule has 6 heteroatoms. The molecule has 24 heavy (non-hydrogen) atoms. The lowest BCUT2D eigenvalue weighted by atomic mass is 10.1. The quantitative estimate of drug-likeness (QED) is 0.592. The Bertz CT molecular complexity index is 644. The Labute approximate surface area is 141 Å². The van der Waals surface area contributed by atoms with Crippen LogP contribution < -0.4 is 4.74 Å². The lowest BCUT2D eigenvalue weighted by molar-refractivity contribution is -0.140. The maximum atomic E-state index is 13.3. The Kier molecular flexibility index (Phi) is 5.95. The molecule has 0 bridgehead atoms. The molecule has 1 aromatic carbocycles. The summed E-state index contributed by atoms with van der Waals surface area (Å²) < 4.78 is 23.7. The Morgan fingerprint density at radius 3 is 2.83 bits per heavy atom. The fourth-order valence-electron chi connectivity index (χ4n) is 2.57. The predicted molar refractivity (Wildman–Crippen MR) is 87.1 cm³/mol. The molecule has 0 aliphatic carbocycles. The number of amides is 1. The number of rotatable bonds is 6. The summed E-state index contributed by atoms with van der Waals surface area (Å²) in [5.74, 6) is -0.398. The number of hydrogen-bond donors (Lipinski definition) is 0. The zero-order valence-electron chi connectivity index (χ0n) is 14.0. The molecule has 1 aliphatic rings. The SMILES string of the molecule is C=C(CCC(=O)OC)C(=O)N1CCC(Oc2cc(F)ccc2C)C1. The first-order chi connectivity index (χ1) is 11.4. The van der Waals surface area contributed by atoms with Crippen molar-refractivity contribution in [2.24, 2.45) is 0 Å². The van der Waals surface area contributed by atoms with Crippen molar-refractivity contribution in [3.05, 3.63) is 41.7 Å². The van der Waals surface area contributed by atoms with E-state index < -0.39 is 0 Å². The average molecular weight is 335 g/mol. The fourth-order valence-corrected chi connectivity index (χ4v) is 2.57. The molecule has 0 spiro atoms. The first kappa shape index (κ1) is 18.0. The van der Waals surface area contributed by atoms with E-state index in [-0.39, 0.29) is 36.6 Å². The van der Waals surface area contributed by atoms with E-state index in [1.165, 1.54) is 19.2 Å². The van der Waals surface area contributed by atoms with Gasteiger partial charge in [-0.1, -0.05) is 12.6 Å². The summed E-state index contributed by atoms with van der Waals surface area (Å²) in [5, 5.41) is 0. The highest BCUT2D eigenvalue weighted by atomic mass is 19.1. The van der Waals surface area contributed by atoms with Crippen molar-refractivity contribution in [2.45, 2.75) is 32.3 Å². The van der Waals surface area contributed by atoms with Crippen LogP contribution >= 0.6 is 0 Å². The smallest absolute Gasteiger partial charge is 0.305 e. The lowest BCUT2D eigenvalue weighted by Crippen LogP contribution is -2.32. The Balaban J connectivity index is 1.88. The number of hydrogen-bond acceptors (Lipinski definition) is 4. The first-order valence-corrected chi connectivity index (χ1v) is 7.87. The van der Waals surface area contributed by atoms with E-state index in [1.807, 2.05) is 6.92 Å². The van der Waals surface area contributed by atoms with Crippen molar-refractivity contribution in [2.75, 3.05) is 20.2 Å². The Hall–Kier alpha value is -2.37. The van der Waals surface area contributed by atoms with Gasteiger partial charge in [0.15, 0.2) is 0 Å². The summed E-state index contributed by atoms with van der Waals surface area (Å²) in [5.41, 5.74) is 1.23. The topological polar surface area (TPSA) is 55.8 Å². The highest BCUT2D eigenvalue weighted by Gasteiger charge is 2.29. The number of methoxy groups -OCH3 is 1. The van der Waals surface area contributed by atoms with Crippen LogP contribution in [0.4, 0.5) is 4.39 Å². The monoisotopic (exact) mass is 335 g/mol. The molecule has 1 fully saturated rings. The molecule has 1 unspecified atom stereocenters. The summed E-state index contributed by atoms with van der Waals surface area (Å²) in [6.45, 7) is 6.57. The maximum Gasteiger partial charge on any atom is 0.305 e. The van der Waals surface area contributed by atoms with Crippen LogP contribution in [0.2, 0.25) is 0 Å². The average Bonchev–Trinajstić information content (AvgIpc) is 3.03. The van der Waals surface area contributed by atoms with Gasteiger partial charge in [-0.2, -0.15) is 0 Å². The molecule has 1 aliphatic heterocycles. The Morgan fingerprint density at radius 1 is 1.38 bits per heavy atom. The highest BCUT2D eigenvalue weighted by Crippen LogP contribution is 2.24. The zero-order valence-corrected chi connectivity index (χ0v) is 14.0. The number of halogens is 1. The van der Waals surface area contributed by atoms with E-state index in [0.717, 1.165) is 5.56 Å². The second-order valence-electron chi connectivity index (χ2n) is 5.87. The lowest BCUT2D eigenvalue weighted by Gasteiger charge is -2.19. The molecule has 1 amide bonds. The second kappa shape index (κ2) is 7.95. The van der Waals surface area contributed by atoms with Gasteiger partial charge in [-0.05, 0) is 25.0 Å². The molecule has 0 saturated carbocycles. The highest BCUT2D eigenvalue weighted by molar-refractivity contribution is 5.93. The van der Waals surface area contributed by atoms with Gasteiger partial charge in [-0.25, -0.2) is 4.39 Å². The summed E-state index contributed by atoms with van der Waals surface area (Å²) in [6, 6.07) is 4.41. The summed E-state index contributed by atoms with van der Waals surface area (Å²) in [7, 11) is 1.31. The van der Waals surface area contributed by atoms with Gasteiger partial charge >= 0.3 is 5.97 Å². The van der Waals surface area contributed by atoms with Crippen LogP contribution in [0.15, 0.2) is 30.4 Å². The molecule has 1 aromatic rings. The molecular weight excluding hydrogens is 313 g/mol. The number of benzene rings is 1. The van der Waals surface area contributed by atoms with Crippen LogP contribution in [0.5, 0.6) is 5.75 Å². The number of carbonyl (C=O) groups is 2. The Morgan fingerprint density at radius 2 is 2.12 bits per heavy atom. The van der Waals surface area contributed by atoms with Crippen LogP contribution in [-0.2, 0) is 14.3 Å². The van der Waals surface area contributed by atoms with Crippen molar-refractivity contribution >= 4 is 11.9 Å². The normalized spacial score (nSPS) is 16.8. The van der Waals surface area contributed by atoms with Gasteiger partial charge in [0.05, 0.1) is 13.7 Å². The van der Waals surface area contributed by atoms with E-state index in [4.69, 9.17) is 4.74 Å². The molecule has 0 N–H and O–H groups in total. The van der Waals surface area contributed by atoms with Gasteiger partial charge in [0.25, 0.3) is 0 Å². The van der Waals surface area contributed by atoms with Crippen molar-refractivity contribution in [3.63, 3.8) is 0 Å². The van der Waals surface area contributed by atoms with Crippen LogP contribution in [0.3, 0.4) is 0 Å². The molecule has 2 rings (SSSR count). The van der Waals surface area contributed by atoms with Crippen LogP contribution in [-0.4, -0.2) is 43.1 Å². The minimum Gasteiger partial charge on any atom is -0.488 e.